The van der Waals surface area contributed by atoms with Crippen LogP contribution in [0.25, 0.3) is 22.8 Å². The van der Waals surface area contributed by atoms with Crippen molar-refractivity contribution in [1.29, 1.82) is 0 Å². The molecule has 10 nitrogen and oxygen atoms in total. The number of amides is 1. The summed E-state index contributed by atoms with van der Waals surface area (Å²) in [4.78, 5) is 17.1. The number of fused-ring (bicyclic) bond motifs is 1. The molecule has 2 aromatic heterocycles. The van der Waals surface area contributed by atoms with Crippen molar-refractivity contribution in [1.82, 2.24) is 19.9 Å². The van der Waals surface area contributed by atoms with Crippen molar-refractivity contribution in [2.75, 3.05) is 24.1 Å². The summed E-state index contributed by atoms with van der Waals surface area (Å²) in [5, 5.41) is 12.0. The third-order valence-corrected chi connectivity index (χ3v) is 5.69. The first-order valence-corrected chi connectivity index (χ1v) is 11.2. The first kappa shape index (κ1) is 20.9. The van der Waals surface area contributed by atoms with Crippen LogP contribution in [-0.4, -0.2) is 38.9 Å². The van der Waals surface area contributed by atoms with Gasteiger partial charge in [0.1, 0.15) is 23.0 Å². The topological polar surface area (TPSA) is 130 Å². The van der Waals surface area contributed by atoms with Crippen LogP contribution in [-0.2, 0) is 11.3 Å². The van der Waals surface area contributed by atoms with Crippen molar-refractivity contribution in [2.45, 2.75) is 18.5 Å². The minimum Gasteiger partial charge on any atom is -0.454 e. The van der Waals surface area contributed by atoms with Crippen molar-refractivity contribution in [3.63, 3.8) is 0 Å². The molecule has 1 aliphatic heterocycles. The largest absolute Gasteiger partial charge is 0.454 e. The van der Waals surface area contributed by atoms with Gasteiger partial charge in [0.05, 0.1) is 0 Å². The predicted octanol–water partition coefficient (Wildman–Crippen LogP) is 3.58. The summed E-state index contributed by atoms with van der Waals surface area (Å²) in [6, 6.07) is 12.9. The molecule has 2 aromatic carbocycles. The van der Waals surface area contributed by atoms with Gasteiger partial charge in [-0.25, -0.2) is 4.68 Å². The quantitative estimate of drug-likeness (QED) is 0.411. The molecule has 3 N–H and O–H groups in total. The Labute approximate surface area is 193 Å². The van der Waals surface area contributed by atoms with E-state index < -0.39 is 0 Å². The number of nitrogen functional groups attached to an aromatic ring is 1. The molecule has 168 valence electrons. The zero-order valence-electron chi connectivity index (χ0n) is 17.9. The van der Waals surface area contributed by atoms with E-state index in [1.807, 2.05) is 43.5 Å². The van der Waals surface area contributed by atoms with Gasteiger partial charge in [0.15, 0.2) is 11.5 Å². The number of hydrogen-bond donors (Lipinski definition) is 2. The highest BCUT2D eigenvalue weighted by Gasteiger charge is 2.24. The minimum absolute atomic E-state index is 0.0590. The fourth-order valence-electron chi connectivity index (χ4n) is 3.45. The van der Waals surface area contributed by atoms with Crippen LogP contribution in [0.3, 0.4) is 0 Å². The Kier molecular flexibility index (Phi) is 5.38. The van der Waals surface area contributed by atoms with E-state index in [9.17, 15) is 4.79 Å². The normalized spacial score (nSPS) is 12.2. The fraction of sp³-hybridized carbons (Fsp3) is 0.182. The molecule has 11 heteroatoms. The van der Waals surface area contributed by atoms with Crippen LogP contribution in [0, 0.1) is 6.92 Å². The number of aryl methyl sites for hydroxylation is 1. The van der Waals surface area contributed by atoms with E-state index >= 15 is 0 Å². The lowest BCUT2D eigenvalue weighted by Gasteiger charge is -2.07. The molecule has 0 bridgehead atoms. The zero-order valence-corrected chi connectivity index (χ0v) is 18.7. The highest BCUT2D eigenvalue weighted by molar-refractivity contribution is 7.98. The number of nitrogens with one attached hydrogen (secondary N) is 1. The van der Waals surface area contributed by atoms with Crippen molar-refractivity contribution >= 4 is 29.2 Å². The molecule has 0 radical (unpaired) electrons. The third kappa shape index (κ3) is 4.10. The molecule has 33 heavy (non-hydrogen) atoms. The Morgan fingerprint density at radius 1 is 1.21 bits per heavy atom. The van der Waals surface area contributed by atoms with Gasteiger partial charge < -0.3 is 25.0 Å². The van der Waals surface area contributed by atoms with E-state index in [2.05, 4.69) is 20.6 Å². The second-order valence-electron chi connectivity index (χ2n) is 7.34. The maximum Gasteiger partial charge on any atom is 0.264 e. The predicted molar refractivity (Wildman–Crippen MR) is 123 cm³/mol. The van der Waals surface area contributed by atoms with Crippen LogP contribution in [0.5, 0.6) is 11.5 Å². The lowest BCUT2D eigenvalue weighted by atomic mass is 10.2. The lowest BCUT2D eigenvalue weighted by molar-refractivity contribution is -0.116. The number of rotatable bonds is 6. The fourth-order valence-corrected chi connectivity index (χ4v) is 4.03. The third-order valence-electron chi connectivity index (χ3n) is 5.02. The molecule has 1 amide bonds. The first-order chi connectivity index (χ1) is 16.0. The van der Waals surface area contributed by atoms with Crippen molar-refractivity contribution in [3.05, 3.63) is 48.0 Å². The molecule has 0 saturated carbocycles. The van der Waals surface area contributed by atoms with Gasteiger partial charge in [-0.2, -0.15) is 10.1 Å². The lowest BCUT2D eigenvalue weighted by Crippen LogP contribution is -2.20. The number of nitrogens with zero attached hydrogens (tertiary/aromatic N) is 4. The van der Waals surface area contributed by atoms with Crippen LogP contribution in [0.4, 0.5) is 11.5 Å². The highest BCUT2D eigenvalue weighted by atomic mass is 32.2. The number of carbonyl (C=O) groups is 1. The number of benzene rings is 2. The maximum absolute atomic E-state index is 12.6. The van der Waals surface area contributed by atoms with Gasteiger partial charge in [-0.15, -0.1) is 11.8 Å². The molecule has 0 fully saturated rings. The SMILES string of the molecule is CSc1nn(CC(=O)Nc2cccc(C)c2)c(N)c1-c1nc(-c2ccc3c(c2)OCO3)no1. The summed E-state index contributed by atoms with van der Waals surface area (Å²) in [6.07, 6.45) is 1.86. The van der Waals surface area contributed by atoms with Crippen LogP contribution in [0.1, 0.15) is 5.56 Å². The number of ether oxygens (including phenoxy) is 2. The van der Waals surface area contributed by atoms with Gasteiger partial charge in [-0.1, -0.05) is 17.3 Å². The molecule has 0 atom stereocenters. The van der Waals surface area contributed by atoms with Crippen LogP contribution in [0.2, 0.25) is 0 Å². The average molecular weight is 465 g/mol. The Bertz CT molecular complexity index is 1350. The Balaban J connectivity index is 1.40. The molecular formula is C22H20N6O4S. The van der Waals surface area contributed by atoms with Crippen molar-refractivity contribution in [2.24, 2.45) is 0 Å². The van der Waals surface area contributed by atoms with Crippen LogP contribution in [0.15, 0.2) is 52.0 Å². The molecule has 0 saturated heterocycles. The Hall–Kier alpha value is -3.99. The van der Waals surface area contributed by atoms with E-state index in [1.165, 1.54) is 16.4 Å². The maximum atomic E-state index is 12.6. The zero-order chi connectivity index (χ0) is 22.9. The van der Waals surface area contributed by atoms with Gasteiger partial charge in [0.2, 0.25) is 18.5 Å². The summed E-state index contributed by atoms with van der Waals surface area (Å²) in [5.74, 6) is 1.90. The van der Waals surface area contributed by atoms with E-state index in [-0.39, 0.29) is 31.0 Å². The summed E-state index contributed by atoms with van der Waals surface area (Å²) in [7, 11) is 0. The number of hydrogen-bond acceptors (Lipinski definition) is 9. The van der Waals surface area contributed by atoms with Gasteiger partial charge in [0, 0.05) is 11.3 Å². The van der Waals surface area contributed by atoms with Gasteiger partial charge in [-0.3, -0.25) is 4.79 Å². The molecule has 0 spiro atoms. The van der Waals surface area contributed by atoms with E-state index in [0.29, 0.717) is 39.2 Å². The minimum atomic E-state index is -0.249. The number of aromatic nitrogens is 4. The molecule has 4 aromatic rings. The first-order valence-electron chi connectivity index (χ1n) is 10.0. The molecule has 1 aliphatic rings. The monoisotopic (exact) mass is 464 g/mol. The second kappa shape index (κ2) is 8.51. The van der Waals surface area contributed by atoms with Gasteiger partial charge >= 0.3 is 0 Å². The number of thioether (sulfide) groups is 1. The Morgan fingerprint density at radius 3 is 2.88 bits per heavy atom. The molecule has 0 aliphatic carbocycles. The van der Waals surface area contributed by atoms with Crippen LogP contribution >= 0.6 is 11.8 Å². The molecule has 0 unspecified atom stereocenters. The van der Waals surface area contributed by atoms with Gasteiger partial charge in [0.25, 0.3) is 5.89 Å². The average Bonchev–Trinajstić information content (AvgIpc) is 3.52. The van der Waals surface area contributed by atoms with E-state index in [1.54, 1.807) is 12.1 Å². The molecule has 5 rings (SSSR count). The van der Waals surface area contributed by atoms with Crippen molar-refractivity contribution in [3.8, 4) is 34.3 Å². The smallest absolute Gasteiger partial charge is 0.264 e. The summed E-state index contributed by atoms with van der Waals surface area (Å²) in [5.41, 5.74) is 9.30. The summed E-state index contributed by atoms with van der Waals surface area (Å²) < 4.78 is 17.7. The molecule has 3 heterocycles. The summed E-state index contributed by atoms with van der Waals surface area (Å²) in [6.45, 7) is 2.08. The second-order valence-corrected chi connectivity index (χ2v) is 8.13. The van der Waals surface area contributed by atoms with E-state index in [0.717, 1.165) is 5.56 Å². The summed E-state index contributed by atoms with van der Waals surface area (Å²) >= 11 is 1.37. The van der Waals surface area contributed by atoms with E-state index in [4.69, 9.17) is 19.7 Å². The molecular weight excluding hydrogens is 444 g/mol. The number of nitrogens with two attached hydrogens (primary N) is 1. The number of carbonyl (C=O) groups excluding carboxylic acids is 1. The van der Waals surface area contributed by atoms with Crippen molar-refractivity contribution < 1.29 is 18.8 Å². The standard InChI is InChI=1S/C22H20N6O4S/c1-12-4-3-5-14(8-12)24-17(29)10-28-19(23)18(22(26-28)33-2)21-25-20(27-32-21)13-6-7-15-16(9-13)31-11-30-15/h3-9H,10-11,23H2,1-2H3,(H,24,29). The Morgan fingerprint density at radius 2 is 2.06 bits per heavy atom. The van der Waals surface area contributed by atoms with Crippen LogP contribution < -0.4 is 20.5 Å². The highest BCUT2D eigenvalue weighted by Crippen LogP contribution is 2.37. The number of anilines is 2. The van der Waals surface area contributed by atoms with Gasteiger partial charge in [-0.05, 0) is 49.1 Å².